The molecule has 1 atom stereocenters. The zero-order chi connectivity index (χ0) is 17.9. The van der Waals surface area contributed by atoms with Crippen LogP contribution in [0.15, 0.2) is 47.5 Å². The Balaban J connectivity index is 1.41. The molecule has 4 rings (SSSR count). The Morgan fingerprint density at radius 1 is 1.38 bits per heavy atom. The number of carbonyl (C=O) groups excluding carboxylic acids is 1. The topological polar surface area (TPSA) is 64.1 Å². The van der Waals surface area contributed by atoms with Gasteiger partial charge in [-0.05, 0) is 34.5 Å². The SMILES string of the molecule is O=C(Cc1ccsc1)NCC1Cc2cc(-c3cnccn3)cc(Cl)c2O1. The van der Waals surface area contributed by atoms with Crippen molar-refractivity contribution in [1.29, 1.82) is 0 Å². The van der Waals surface area contributed by atoms with Crippen LogP contribution in [0.3, 0.4) is 0 Å². The molecule has 0 saturated carbocycles. The Morgan fingerprint density at radius 2 is 2.31 bits per heavy atom. The first-order valence-corrected chi connectivity index (χ1v) is 9.54. The highest BCUT2D eigenvalue weighted by Gasteiger charge is 2.26. The summed E-state index contributed by atoms with van der Waals surface area (Å²) >= 11 is 7.98. The summed E-state index contributed by atoms with van der Waals surface area (Å²) in [5.41, 5.74) is 3.73. The summed E-state index contributed by atoms with van der Waals surface area (Å²) in [7, 11) is 0. The van der Waals surface area contributed by atoms with Gasteiger partial charge in [-0.3, -0.25) is 14.8 Å². The van der Waals surface area contributed by atoms with Gasteiger partial charge in [0.2, 0.25) is 5.91 Å². The zero-order valence-electron chi connectivity index (χ0n) is 13.8. The van der Waals surface area contributed by atoms with Crippen molar-refractivity contribution in [2.24, 2.45) is 0 Å². The summed E-state index contributed by atoms with van der Waals surface area (Å²) in [6.07, 6.45) is 5.96. The van der Waals surface area contributed by atoms with Crippen LogP contribution in [-0.2, 0) is 17.6 Å². The second-order valence-electron chi connectivity index (χ2n) is 6.09. The molecule has 0 spiro atoms. The maximum Gasteiger partial charge on any atom is 0.224 e. The van der Waals surface area contributed by atoms with Gasteiger partial charge in [0.15, 0.2) is 0 Å². The van der Waals surface area contributed by atoms with E-state index in [2.05, 4.69) is 15.3 Å². The van der Waals surface area contributed by atoms with Gasteiger partial charge in [-0.15, -0.1) is 0 Å². The number of ether oxygens (including phenoxy) is 1. The first-order valence-electron chi connectivity index (χ1n) is 8.22. The molecular formula is C19H16ClN3O2S. The monoisotopic (exact) mass is 385 g/mol. The van der Waals surface area contributed by atoms with Gasteiger partial charge >= 0.3 is 0 Å². The van der Waals surface area contributed by atoms with Gasteiger partial charge in [-0.2, -0.15) is 11.3 Å². The van der Waals surface area contributed by atoms with E-state index in [0.717, 1.165) is 22.4 Å². The third kappa shape index (κ3) is 3.71. The highest BCUT2D eigenvalue weighted by Crippen LogP contribution is 2.39. The molecule has 0 bridgehead atoms. The van der Waals surface area contributed by atoms with Crippen molar-refractivity contribution in [3.63, 3.8) is 0 Å². The van der Waals surface area contributed by atoms with Crippen molar-refractivity contribution in [1.82, 2.24) is 15.3 Å². The summed E-state index contributed by atoms with van der Waals surface area (Å²) in [5.74, 6) is 0.686. The lowest BCUT2D eigenvalue weighted by Crippen LogP contribution is -2.35. The van der Waals surface area contributed by atoms with Gasteiger partial charge in [0.25, 0.3) is 0 Å². The number of nitrogens with one attached hydrogen (secondary N) is 1. The molecule has 1 aromatic carbocycles. The number of rotatable bonds is 5. The van der Waals surface area contributed by atoms with Crippen molar-refractivity contribution in [3.05, 3.63) is 63.7 Å². The lowest BCUT2D eigenvalue weighted by Gasteiger charge is -2.12. The molecule has 0 fully saturated rings. The molecule has 1 aliphatic rings. The predicted octanol–water partition coefficient (Wildman–Crippen LogP) is 3.52. The molecule has 7 heteroatoms. The van der Waals surface area contributed by atoms with E-state index in [4.69, 9.17) is 16.3 Å². The molecule has 26 heavy (non-hydrogen) atoms. The largest absolute Gasteiger partial charge is 0.486 e. The van der Waals surface area contributed by atoms with Crippen molar-refractivity contribution >= 4 is 28.8 Å². The third-order valence-electron chi connectivity index (χ3n) is 4.18. The standard InChI is InChI=1S/C19H16ClN3O2S/c20-16-8-13(17-10-21-2-3-22-17)6-14-7-15(25-19(14)16)9-23-18(24)5-12-1-4-26-11-12/h1-4,6,8,10-11,15H,5,7,9H2,(H,23,24). The van der Waals surface area contributed by atoms with Crippen LogP contribution < -0.4 is 10.1 Å². The number of amides is 1. The van der Waals surface area contributed by atoms with Crippen LogP contribution in [0.5, 0.6) is 5.75 Å². The fourth-order valence-corrected chi connectivity index (χ4v) is 3.92. The number of aromatic nitrogens is 2. The second-order valence-corrected chi connectivity index (χ2v) is 7.28. The number of thiophene rings is 1. The summed E-state index contributed by atoms with van der Waals surface area (Å²) in [5, 5.41) is 7.44. The van der Waals surface area contributed by atoms with E-state index >= 15 is 0 Å². The Hall–Kier alpha value is -2.44. The number of carbonyl (C=O) groups is 1. The molecule has 2 aromatic heterocycles. The van der Waals surface area contributed by atoms with Crippen molar-refractivity contribution in [2.45, 2.75) is 18.9 Å². The van der Waals surface area contributed by atoms with Gasteiger partial charge in [0.05, 0.1) is 29.9 Å². The minimum absolute atomic E-state index is 0.00528. The summed E-state index contributed by atoms with van der Waals surface area (Å²) in [6.45, 7) is 0.453. The average molecular weight is 386 g/mol. The minimum Gasteiger partial charge on any atom is -0.486 e. The fraction of sp³-hybridized carbons (Fsp3) is 0.211. The lowest BCUT2D eigenvalue weighted by atomic mass is 10.0. The summed E-state index contributed by atoms with van der Waals surface area (Å²) < 4.78 is 5.93. The highest BCUT2D eigenvalue weighted by atomic mass is 35.5. The Bertz CT molecular complexity index is 916. The Labute approximate surface area is 160 Å². The molecular weight excluding hydrogens is 370 g/mol. The quantitative estimate of drug-likeness (QED) is 0.729. The molecule has 1 N–H and O–H groups in total. The van der Waals surface area contributed by atoms with Gasteiger partial charge in [0, 0.05) is 29.9 Å². The fourth-order valence-electron chi connectivity index (χ4n) is 2.97. The van der Waals surface area contributed by atoms with Crippen LogP contribution in [0.2, 0.25) is 5.02 Å². The van der Waals surface area contributed by atoms with Gasteiger partial charge in [0.1, 0.15) is 11.9 Å². The van der Waals surface area contributed by atoms with Crippen LogP contribution in [0.25, 0.3) is 11.3 Å². The highest BCUT2D eigenvalue weighted by molar-refractivity contribution is 7.08. The van der Waals surface area contributed by atoms with Crippen molar-refractivity contribution in [3.8, 4) is 17.0 Å². The molecule has 1 amide bonds. The average Bonchev–Trinajstić information content (AvgIpc) is 3.30. The van der Waals surface area contributed by atoms with Gasteiger partial charge in [-0.25, -0.2) is 0 Å². The van der Waals surface area contributed by atoms with E-state index < -0.39 is 0 Å². The number of benzene rings is 1. The van der Waals surface area contributed by atoms with Crippen LogP contribution in [0.1, 0.15) is 11.1 Å². The maximum absolute atomic E-state index is 12.0. The van der Waals surface area contributed by atoms with E-state index in [1.165, 1.54) is 0 Å². The van der Waals surface area contributed by atoms with Crippen molar-refractivity contribution in [2.75, 3.05) is 6.54 Å². The molecule has 5 nitrogen and oxygen atoms in total. The first-order chi connectivity index (χ1) is 12.7. The van der Waals surface area contributed by atoms with Crippen LogP contribution in [0.4, 0.5) is 0 Å². The Kier molecular flexibility index (Phi) is 4.86. The number of fused-ring (bicyclic) bond motifs is 1. The molecule has 0 aliphatic carbocycles. The normalized spacial score (nSPS) is 15.3. The predicted molar refractivity (Wildman–Crippen MR) is 102 cm³/mol. The molecule has 1 unspecified atom stereocenters. The number of nitrogens with zero attached hydrogens (tertiary/aromatic N) is 2. The second kappa shape index (κ2) is 7.43. The van der Waals surface area contributed by atoms with E-state index in [-0.39, 0.29) is 12.0 Å². The van der Waals surface area contributed by atoms with Crippen LogP contribution in [-0.4, -0.2) is 28.5 Å². The number of hydrogen-bond acceptors (Lipinski definition) is 5. The summed E-state index contributed by atoms with van der Waals surface area (Å²) in [4.78, 5) is 20.4. The number of halogens is 1. The third-order valence-corrected chi connectivity index (χ3v) is 5.20. The molecule has 1 aliphatic heterocycles. The minimum atomic E-state index is -0.119. The zero-order valence-corrected chi connectivity index (χ0v) is 15.4. The first kappa shape index (κ1) is 17.0. The van der Waals surface area contributed by atoms with Gasteiger partial charge in [-0.1, -0.05) is 11.6 Å². The van der Waals surface area contributed by atoms with E-state index in [1.54, 1.807) is 29.9 Å². The van der Waals surface area contributed by atoms with E-state index in [9.17, 15) is 4.79 Å². The van der Waals surface area contributed by atoms with E-state index in [0.29, 0.717) is 30.2 Å². The molecule has 3 aromatic rings. The van der Waals surface area contributed by atoms with Crippen LogP contribution in [0, 0.1) is 0 Å². The molecule has 3 heterocycles. The molecule has 0 radical (unpaired) electrons. The van der Waals surface area contributed by atoms with Gasteiger partial charge < -0.3 is 10.1 Å². The lowest BCUT2D eigenvalue weighted by molar-refractivity contribution is -0.120. The van der Waals surface area contributed by atoms with Crippen LogP contribution >= 0.6 is 22.9 Å². The maximum atomic E-state index is 12.0. The Morgan fingerprint density at radius 3 is 3.08 bits per heavy atom. The summed E-state index contributed by atoms with van der Waals surface area (Å²) in [6, 6.07) is 5.82. The molecule has 132 valence electrons. The van der Waals surface area contributed by atoms with E-state index in [1.807, 2.05) is 29.0 Å². The number of hydrogen-bond donors (Lipinski definition) is 1. The van der Waals surface area contributed by atoms with Crippen molar-refractivity contribution < 1.29 is 9.53 Å². The smallest absolute Gasteiger partial charge is 0.224 e. The molecule has 0 saturated heterocycles.